The second-order valence-corrected chi connectivity index (χ2v) is 9.75. The molecule has 4 rings (SSSR count). The van der Waals surface area contributed by atoms with Gasteiger partial charge in [-0.05, 0) is 75.3 Å². The van der Waals surface area contributed by atoms with Crippen LogP contribution in [0.1, 0.15) is 66.4 Å². The minimum atomic E-state index is -0.495. The van der Waals surface area contributed by atoms with Gasteiger partial charge in [0.2, 0.25) is 0 Å². The molecule has 1 saturated carbocycles. The van der Waals surface area contributed by atoms with Crippen molar-refractivity contribution in [1.29, 1.82) is 0 Å². The molecular formula is C23H34O3. The SMILES string of the molecule is CC1=CCC[C@@H]2[C@@](C)(CCc3ccoc3)[C@H](C)[C@@H]3OC(C)(C)O[C@@H]3[C@@]12C. The van der Waals surface area contributed by atoms with Gasteiger partial charge in [-0.15, -0.1) is 0 Å². The fourth-order valence-electron chi connectivity index (χ4n) is 6.26. The zero-order chi connectivity index (χ0) is 18.7. The number of ether oxygens (including phenoxy) is 2. The first kappa shape index (κ1) is 18.3. The van der Waals surface area contributed by atoms with Crippen molar-refractivity contribution >= 4 is 0 Å². The van der Waals surface area contributed by atoms with Gasteiger partial charge in [-0.1, -0.05) is 32.4 Å². The Kier molecular flexibility index (Phi) is 4.20. The Labute approximate surface area is 158 Å². The molecule has 2 fully saturated rings. The van der Waals surface area contributed by atoms with E-state index in [1.807, 2.05) is 6.26 Å². The van der Waals surface area contributed by atoms with Crippen LogP contribution in [-0.2, 0) is 15.9 Å². The molecule has 0 unspecified atom stereocenters. The highest BCUT2D eigenvalue weighted by atomic mass is 16.8. The number of hydrogen-bond acceptors (Lipinski definition) is 3. The quantitative estimate of drug-likeness (QED) is 0.645. The summed E-state index contributed by atoms with van der Waals surface area (Å²) in [6.07, 6.45) is 11.1. The molecule has 0 radical (unpaired) electrons. The summed E-state index contributed by atoms with van der Waals surface area (Å²) in [5.41, 5.74) is 3.06. The molecular weight excluding hydrogens is 324 g/mol. The molecule has 3 nitrogen and oxygen atoms in total. The first-order chi connectivity index (χ1) is 12.2. The third kappa shape index (κ3) is 2.54. The lowest BCUT2D eigenvalue weighted by Gasteiger charge is -2.61. The first-order valence-corrected chi connectivity index (χ1v) is 10.2. The van der Waals surface area contributed by atoms with E-state index in [4.69, 9.17) is 13.9 Å². The summed E-state index contributed by atoms with van der Waals surface area (Å²) < 4.78 is 18.3. The van der Waals surface area contributed by atoms with Crippen LogP contribution in [0.3, 0.4) is 0 Å². The van der Waals surface area contributed by atoms with Gasteiger partial charge in [-0.3, -0.25) is 0 Å². The molecule has 1 aromatic rings. The zero-order valence-electron chi connectivity index (χ0n) is 17.2. The Morgan fingerprint density at radius 1 is 1.15 bits per heavy atom. The van der Waals surface area contributed by atoms with Crippen molar-refractivity contribution in [2.75, 3.05) is 0 Å². The van der Waals surface area contributed by atoms with Crippen LogP contribution < -0.4 is 0 Å². The number of rotatable bonds is 3. The van der Waals surface area contributed by atoms with Gasteiger partial charge in [0.15, 0.2) is 5.79 Å². The van der Waals surface area contributed by atoms with Crippen LogP contribution in [0, 0.1) is 22.7 Å². The highest BCUT2D eigenvalue weighted by molar-refractivity contribution is 5.26. The lowest BCUT2D eigenvalue weighted by atomic mass is 9.45. The van der Waals surface area contributed by atoms with E-state index in [0.717, 1.165) is 12.8 Å². The van der Waals surface area contributed by atoms with Crippen LogP contribution in [0.25, 0.3) is 0 Å². The van der Waals surface area contributed by atoms with Crippen molar-refractivity contribution in [3.63, 3.8) is 0 Å². The third-order valence-electron chi connectivity index (χ3n) is 8.06. The predicted molar refractivity (Wildman–Crippen MR) is 103 cm³/mol. The topological polar surface area (TPSA) is 31.6 Å². The fourth-order valence-corrected chi connectivity index (χ4v) is 6.26. The minimum Gasteiger partial charge on any atom is -0.472 e. The Morgan fingerprint density at radius 2 is 1.92 bits per heavy atom. The van der Waals surface area contributed by atoms with Gasteiger partial charge in [-0.2, -0.15) is 0 Å². The molecule has 3 aliphatic rings. The maximum absolute atomic E-state index is 6.53. The molecule has 3 heteroatoms. The number of furan rings is 1. The number of allylic oxidation sites excluding steroid dienone is 1. The molecule has 1 aromatic heterocycles. The maximum Gasteiger partial charge on any atom is 0.163 e. The molecule has 2 heterocycles. The van der Waals surface area contributed by atoms with Gasteiger partial charge in [-0.25, -0.2) is 0 Å². The van der Waals surface area contributed by atoms with E-state index >= 15 is 0 Å². The molecule has 0 amide bonds. The Bertz CT molecular complexity index is 688. The van der Waals surface area contributed by atoms with E-state index in [2.05, 4.69) is 53.7 Å². The zero-order valence-corrected chi connectivity index (χ0v) is 17.2. The van der Waals surface area contributed by atoms with E-state index in [0.29, 0.717) is 11.8 Å². The van der Waals surface area contributed by atoms with E-state index < -0.39 is 5.79 Å². The Hall–Kier alpha value is -1.06. The van der Waals surface area contributed by atoms with Crippen molar-refractivity contribution in [3.05, 3.63) is 35.8 Å². The van der Waals surface area contributed by atoms with Gasteiger partial charge in [0.1, 0.15) is 0 Å². The number of fused-ring (bicyclic) bond motifs is 3. The molecule has 0 bridgehead atoms. The van der Waals surface area contributed by atoms with Crippen molar-refractivity contribution in [2.24, 2.45) is 22.7 Å². The van der Waals surface area contributed by atoms with Gasteiger partial charge >= 0.3 is 0 Å². The molecule has 0 N–H and O–H groups in total. The average molecular weight is 359 g/mol. The lowest BCUT2D eigenvalue weighted by molar-refractivity contribution is -0.157. The average Bonchev–Trinajstić information content (AvgIpc) is 3.21. The second kappa shape index (κ2) is 5.97. The molecule has 1 saturated heterocycles. The Balaban J connectivity index is 1.73. The van der Waals surface area contributed by atoms with Gasteiger partial charge in [0.25, 0.3) is 0 Å². The lowest BCUT2D eigenvalue weighted by Crippen LogP contribution is -2.62. The van der Waals surface area contributed by atoms with Crippen LogP contribution in [-0.4, -0.2) is 18.0 Å². The molecule has 0 spiro atoms. The van der Waals surface area contributed by atoms with E-state index in [1.165, 1.54) is 24.0 Å². The van der Waals surface area contributed by atoms with Gasteiger partial charge in [0, 0.05) is 5.41 Å². The Morgan fingerprint density at radius 3 is 2.62 bits per heavy atom. The molecule has 2 aliphatic carbocycles. The monoisotopic (exact) mass is 358 g/mol. The second-order valence-electron chi connectivity index (χ2n) is 9.75. The normalized spacial score (nSPS) is 44.3. The summed E-state index contributed by atoms with van der Waals surface area (Å²) in [5.74, 6) is 0.579. The minimum absolute atomic E-state index is 0.0499. The fraction of sp³-hybridized carbons (Fsp3) is 0.739. The summed E-state index contributed by atoms with van der Waals surface area (Å²) >= 11 is 0. The summed E-state index contributed by atoms with van der Waals surface area (Å²) in [5, 5.41) is 0. The molecule has 26 heavy (non-hydrogen) atoms. The highest BCUT2D eigenvalue weighted by Crippen LogP contribution is 2.65. The van der Waals surface area contributed by atoms with Crippen molar-refractivity contribution in [3.8, 4) is 0 Å². The molecule has 6 atom stereocenters. The standard InChI is InChI=1S/C23H34O3/c1-15-8-7-9-18-22(5,12-10-17-11-13-24-14-17)16(2)19-20(23(15,18)6)26-21(3,4)25-19/h8,11,13-14,16,18-20H,7,9-10,12H2,1-6H3/t16-,18-,19+,20+,22+,23+/m1/s1. The van der Waals surface area contributed by atoms with Crippen molar-refractivity contribution < 1.29 is 13.9 Å². The largest absolute Gasteiger partial charge is 0.472 e. The molecule has 0 aromatic carbocycles. The van der Waals surface area contributed by atoms with Crippen LogP contribution in [0.4, 0.5) is 0 Å². The third-order valence-corrected chi connectivity index (χ3v) is 8.06. The van der Waals surface area contributed by atoms with Crippen LogP contribution in [0.15, 0.2) is 34.7 Å². The van der Waals surface area contributed by atoms with Crippen molar-refractivity contribution in [1.82, 2.24) is 0 Å². The maximum atomic E-state index is 6.53. The summed E-state index contributed by atoms with van der Waals surface area (Å²) in [7, 11) is 0. The van der Waals surface area contributed by atoms with Crippen molar-refractivity contribution in [2.45, 2.75) is 85.2 Å². The predicted octanol–water partition coefficient (Wildman–Crippen LogP) is 5.75. The number of aryl methyl sites for hydroxylation is 1. The van der Waals surface area contributed by atoms with E-state index in [1.54, 1.807) is 6.26 Å². The number of hydrogen-bond donors (Lipinski definition) is 0. The van der Waals surface area contributed by atoms with E-state index in [-0.39, 0.29) is 23.0 Å². The molecule has 1 aliphatic heterocycles. The summed E-state index contributed by atoms with van der Waals surface area (Å²) in [6.45, 7) is 13.8. The summed E-state index contributed by atoms with van der Waals surface area (Å²) in [6, 6.07) is 2.10. The molecule has 144 valence electrons. The van der Waals surface area contributed by atoms with Crippen LogP contribution >= 0.6 is 0 Å². The van der Waals surface area contributed by atoms with Crippen LogP contribution in [0.2, 0.25) is 0 Å². The van der Waals surface area contributed by atoms with Gasteiger partial charge < -0.3 is 13.9 Å². The highest BCUT2D eigenvalue weighted by Gasteiger charge is 2.66. The smallest absolute Gasteiger partial charge is 0.163 e. The van der Waals surface area contributed by atoms with Crippen LogP contribution in [0.5, 0.6) is 0 Å². The summed E-state index contributed by atoms with van der Waals surface area (Å²) in [4.78, 5) is 0. The van der Waals surface area contributed by atoms with E-state index in [9.17, 15) is 0 Å². The first-order valence-electron chi connectivity index (χ1n) is 10.2. The van der Waals surface area contributed by atoms with Gasteiger partial charge in [0.05, 0.1) is 24.7 Å².